The van der Waals surface area contributed by atoms with Crippen LogP contribution >= 0.6 is 11.6 Å². The highest BCUT2D eigenvalue weighted by Crippen LogP contribution is 2.45. The third kappa shape index (κ3) is 7.62. The van der Waals surface area contributed by atoms with E-state index in [1.807, 2.05) is 45.1 Å². The number of fused-ring (bicyclic) bond motifs is 3. The van der Waals surface area contributed by atoms with Gasteiger partial charge in [-0.3, -0.25) is 24.1 Å². The van der Waals surface area contributed by atoms with E-state index in [1.165, 1.54) is 4.90 Å². The van der Waals surface area contributed by atoms with Crippen molar-refractivity contribution in [3.05, 3.63) is 46.5 Å². The zero-order chi connectivity index (χ0) is 32.5. The predicted octanol–water partition coefficient (Wildman–Crippen LogP) is 3.56. The molecule has 0 spiro atoms. The lowest BCUT2D eigenvalue weighted by Crippen LogP contribution is -2.57. The van der Waals surface area contributed by atoms with E-state index in [1.54, 1.807) is 11.0 Å². The Morgan fingerprint density at radius 3 is 2.62 bits per heavy atom. The van der Waals surface area contributed by atoms with Crippen molar-refractivity contribution in [1.29, 1.82) is 0 Å². The summed E-state index contributed by atoms with van der Waals surface area (Å²) in [6, 6.07) is 3.61. The summed E-state index contributed by atoms with van der Waals surface area (Å²) in [4.78, 5) is 69.7. The van der Waals surface area contributed by atoms with E-state index in [-0.39, 0.29) is 36.6 Å². The molecule has 0 unspecified atom stereocenters. The third-order valence-electron chi connectivity index (χ3n) is 9.12. The molecule has 45 heavy (non-hydrogen) atoms. The topological polar surface area (TPSA) is 151 Å². The van der Waals surface area contributed by atoms with E-state index in [4.69, 9.17) is 22.1 Å². The number of primary amides is 1. The zero-order valence-corrected chi connectivity index (χ0v) is 27.0. The van der Waals surface area contributed by atoms with Gasteiger partial charge in [0.2, 0.25) is 23.6 Å². The molecule has 1 aliphatic carbocycles. The van der Waals surface area contributed by atoms with Crippen molar-refractivity contribution in [2.75, 3.05) is 6.54 Å². The summed E-state index contributed by atoms with van der Waals surface area (Å²) in [5.74, 6) is -2.04. The second-order valence-electron chi connectivity index (χ2n) is 14.1. The van der Waals surface area contributed by atoms with Crippen LogP contribution in [0.5, 0.6) is 0 Å². The number of nitrogens with two attached hydrogens (primary N) is 1. The summed E-state index contributed by atoms with van der Waals surface area (Å²) in [6.07, 6.45) is 6.93. The van der Waals surface area contributed by atoms with Gasteiger partial charge in [0.15, 0.2) is 0 Å². The molecule has 12 heteroatoms. The van der Waals surface area contributed by atoms with Crippen molar-refractivity contribution >= 4 is 41.3 Å². The van der Waals surface area contributed by atoms with Crippen molar-refractivity contribution < 1.29 is 28.7 Å². The van der Waals surface area contributed by atoms with E-state index in [0.29, 0.717) is 37.4 Å². The van der Waals surface area contributed by atoms with Gasteiger partial charge >= 0.3 is 6.09 Å². The van der Waals surface area contributed by atoms with Crippen molar-refractivity contribution in [2.24, 2.45) is 17.1 Å². The molecule has 1 aromatic carbocycles. The predicted molar refractivity (Wildman–Crippen MR) is 167 cm³/mol. The molecular weight excluding hydrogens is 598 g/mol. The number of ether oxygens (including phenoxy) is 1. The Morgan fingerprint density at radius 2 is 1.89 bits per heavy atom. The lowest BCUT2D eigenvalue weighted by Gasteiger charge is -2.30. The van der Waals surface area contributed by atoms with Gasteiger partial charge in [0.05, 0.1) is 6.54 Å². The second kappa shape index (κ2) is 13.0. The summed E-state index contributed by atoms with van der Waals surface area (Å²) < 4.78 is 5.88. The standard InChI is InChI=1S/C33H44ClN5O6/c1-32(2,3)16-27(40)36-25-10-8-6-4-5-7-9-22-15-33(22,30(35)43)37-28(41)26-14-24(19-39(26)29(25)42)45-31(44)38-17-20-11-12-23(34)13-21(20)18-38/h7,9,11-13,22,24-26H,4-6,8,10,14-19H2,1-3H3,(H2,35,43)(H,36,40)(H,37,41)/b9-7-/t22-,24-,25+,26+,33-/m1/s1. The smallest absolute Gasteiger partial charge is 0.410 e. The number of benzene rings is 1. The van der Waals surface area contributed by atoms with Gasteiger partial charge in [-0.1, -0.05) is 63.4 Å². The molecule has 0 radical (unpaired) electrons. The van der Waals surface area contributed by atoms with Gasteiger partial charge in [-0.05, 0) is 54.4 Å². The number of nitrogens with zero attached hydrogens (tertiary/aromatic N) is 2. The molecule has 4 aliphatic rings. The van der Waals surface area contributed by atoms with Crippen molar-refractivity contribution in [2.45, 2.75) is 109 Å². The highest BCUT2D eigenvalue weighted by molar-refractivity contribution is 6.30. The molecule has 5 rings (SSSR count). The van der Waals surface area contributed by atoms with Gasteiger partial charge in [-0.2, -0.15) is 0 Å². The van der Waals surface area contributed by atoms with Crippen molar-refractivity contribution in [3.63, 3.8) is 0 Å². The molecule has 244 valence electrons. The molecular formula is C33H44ClN5O6. The van der Waals surface area contributed by atoms with Crippen LogP contribution in [-0.4, -0.2) is 69.8 Å². The van der Waals surface area contributed by atoms with Crippen LogP contribution in [-0.2, 0) is 37.0 Å². The van der Waals surface area contributed by atoms with Gasteiger partial charge in [-0.15, -0.1) is 0 Å². The first-order valence-electron chi connectivity index (χ1n) is 15.9. The van der Waals surface area contributed by atoms with E-state index >= 15 is 0 Å². The molecule has 11 nitrogen and oxygen atoms in total. The summed E-state index contributed by atoms with van der Waals surface area (Å²) in [5.41, 5.74) is 6.18. The SMILES string of the molecule is CC(C)(C)CC(=O)N[C@H]1CCCCC/C=C\[C@@H]2C[C@@]2(C(N)=O)NC(=O)[C@@H]2C[C@@H](OC(=O)N3Cc4ccc(Cl)cc4C3)CN2C1=O. The van der Waals surface area contributed by atoms with Crippen molar-refractivity contribution in [1.82, 2.24) is 20.4 Å². The van der Waals surface area contributed by atoms with Crippen LogP contribution in [0.2, 0.25) is 5.02 Å². The molecule has 1 saturated heterocycles. The van der Waals surface area contributed by atoms with Crippen LogP contribution in [0.25, 0.3) is 0 Å². The van der Waals surface area contributed by atoms with Crippen LogP contribution in [0.3, 0.4) is 0 Å². The van der Waals surface area contributed by atoms with Crippen LogP contribution < -0.4 is 16.4 Å². The van der Waals surface area contributed by atoms with Crippen LogP contribution in [0.1, 0.15) is 83.3 Å². The largest absolute Gasteiger partial charge is 0.444 e. The highest BCUT2D eigenvalue weighted by atomic mass is 35.5. The Bertz CT molecular complexity index is 1390. The lowest BCUT2D eigenvalue weighted by atomic mass is 9.91. The van der Waals surface area contributed by atoms with Gasteiger partial charge in [0, 0.05) is 36.9 Å². The second-order valence-corrected chi connectivity index (χ2v) is 14.5. The molecule has 5 atom stereocenters. The number of halogens is 1. The van der Waals surface area contributed by atoms with Crippen molar-refractivity contribution in [3.8, 4) is 0 Å². The Balaban J connectivity index is 1.36. The fourth-order valence-corrected chi connectivity index (χ4v) is 6.82. The molecule has 4 N–H and O–H groups in total. The van der Waals surface area contributed by atoms with E-state index < -0.39 is 47.5 Å². The molecule has 5 amide bonds. The van der Waals surface area contributed by atoms with E-state index in [2.05, 4.69) is 10.6 Å². The highest BCUT2D eigenvalue weighted by Gasteiger charge is 2.60. The molecule has 1 saturated carbocycles. The number of hydrogen-bond donors (Lipinski definition) is 3. The van der Waals surface area contributed by atoms with Crippen LogP contribution in [0, 0.1) is 11.3 Å². The number of nitrogens with one attached hydrogen (secondary N) is 2. The first kappa shape index (κ1) is 32.8. The molecule has 1 aromatic rings. The van der Waals surface area contributed by atoms with Gasteiger partial charge < -0.3 is 26.0 Å². The average molecular weight is 642 g/mol. The fraction of sp³-hybridized carbons (Fsp3) is 0.606. The number of rotatable bonds is 4. The fourth-order valence-electron chi connectivity index (χ4n) is 6.63. The summed E-state index contributed by atoms with van der Waals surface area (Å²) in [5, 5.41) is 6.36. The normalized spacial score (nSPS) is 29.3. The number of carbonyl (C=O) groups is 5. The van der Waals surface area contributed by atoms with Crippen LogP contribution in [0.4, 0.5) is 4.79 Å². The molecule has 3 aliphatic heterocycles. The van der Waals surface area contributed by atoms with Gasteiger partial charge in [0.1, 0.15) is 23.7 Å². The summed E-state index contributed by atoms with van der Waals surface area (Å²) in [7, 11) is 0. The minimum absolute atomic E-state index is 0.0200. The molecule has 0 aromatic heterocycles. The Hall–Kier alpha value is -3.60. The zero-order valence-electron chi connectivity index (χ0n) is 26.3. The molecule has 2 fully saturated rings. The first-order chi connectivity index (χ1) is 21.3. The number of amides is 5. The minimum atomic E-state index is -1.22. The van der Waals surface area contributed by atoms with Crippen LogP contribution in [0.15, 0.2) is 30.4 Å². The van der Waals surface area contributed by atoms with E-state index in [9.17, 15) is 24.0 Å². The minimum Gasteiger partial charge on any atom is -0.444 e. The third-order valence-corrected chi connectivity index (χ3v) is 9.36. The summed E-state index contributed by atoms with van der Waals surface area (Å²) in [6.45, 7) is 6.53. The quantitative estimate of drug-likeness (QED) is 0.428. The first-order valence-corrected chi connectivity index (χ1v) is 16.2. The maximum atomic E-state index is 14.1. The molecule has 0 bridgehead atoms. The number of allylic oxidation sites excluding steroid dienone is 1. The Labute approximate surface area is 269 Å². The Kier molecular flexibility index (Phi) is 9.49. The maximum absolute atomic E-state index is 14.1. The Morgan fingerprint density at radius 1 is 1.13 bits per heavy atom. The number of carbonyl (C=O) groups excluding carboxylic acids is 5. The monoisotopic (exact) mass is 641 g/mol. The van der Waals surface area contributed by atoms with Gasteiger partial charge in [-0.25, -0.2) is 4.79 Å². The number of hydrogen-bond acceptors (Lipinski definition) is 6. The van der Waals surface area contributed by atoms with E-state index in [0.717, 1.165) is 30.4 Å². The van der Waals surface area contributed by atoms with Gasteiger partial charge in [0.25, 0.3) is 0 Å². The maximum Gasteiger partial charge on any atom is 0.410 e. The summed E-state index contributed by atoms with van der Waals surface area (Å²) >= 11 is 6.13. The lowest BCUT2D eigenvalue weighted by molar-refractivity contribution is -0.142. The molecule has 3 heterocycles. The average Bonchev–Trinajstić information content (AvgIpc) is 3.26.